The van der Waals surface area contributed by atoms with Crippen molar-refractivity contribution in [2.45, 2.75) is 6.92 Å². The zero-order valence-corrected chi connectivity index (χ0v) is 14.7. The van der Waals surface area contributed by atoms with Gasteiger partial charge in [-0.25, -0.2) is 14.5 Å². The van der Waals surface area contributed by atoms with Crippen molar-refractivity contribution in [2.75, 3.05) is 0 Å². The lowest BCUT2D eigenvalue weighted by Gasteiger charge is -2.06. The van der Waals surface area contributed by atoms with Crippen molar-refractivity contribution in [1.82, 2.24) is 14.8 Å². The maximum atomic E-state index is 12.5. The quantitative estimate of drug-likeness (QED) is 0.400. The number of carbonyl (C=O) groups is 1. The SMILES string of the molecule is Cc1ccc(-n2nc(C(=O)Oc3ccccc3)nc2-c2ccccc2)cc1. The molecule has 132 valence electrons. The van der Waals surface area contributed by atoms with Crippen molar-refractivity contribution < 1.29 is 9.53 Å². The van der Waals surface area contributed by atoms with Gasteiger partial charge in [-0.3, -0.25) is 0 Å². The third-order valence-corrected chi connectivity index (χ3v) is 4.05. The van der Waals surface area contributed by atoms with Gasteiger partial charge in [-0.05, 0) is 31.2 Å². The Bertz CT molecular complexity index is 1060. The highest BCUT2D eigenvalue weighted by Crippen LogP contribution is 2.22. The minimum atomic E-state index is -0.593. The summed E-state index contributed by atoms with van der Waals surface area (Å²) in [6, 6.07) is 26.4. The van der Waals surface area contributed by atoms with Crippen LogP contribution < -0.4 is 4.74 Å². The molecule has 0 saturated heterocycles. The fraction of sp³-hybridized carbons (Fsp3) is 0.0455. The van der Waals surface area contributed by atoms with Crippen LogP contribution in [0.25, 0.3) is 17.1 Å². The Balaban J connectivity index is 1.75. The van der Waals surface area contributed by atoms with E-state index in [1.807, 2.05) is 67.6 Å². The van der Waals surface area contributed by atoms with Crippen LogP contribution in [-0.4, -0.2) is 20.7 Å². The third-order valence-electron chi connectivity index (χ3n) is 4.05. The number of benzene rings is 3. The highest BCUT2D eigenvalue weighted by atomic mass is 16.5. The fourth-order valence-electron chi connectivity index (χ4n) is 2.68. The second-order valence-electron chi connectivity index (χ2n) is 6.07. The molecule has 4 aromatic rings. The maximum absolute atomic E-state index is 12.5. The number of ether oxygens (including phenoxy) is 1. The number of esters is 1. The summed E-state index contributed by atoms with van der Waals surface area (Å²) in [5.41, 5.74) is 2.83. The Morgan fingerprint density at radius 3 is 2.15 bits per heavy atom. The van der Waals surface area contributed by atoms with E-state index in [1.165, 1.54) is 0 Å². The zero-order chi connectivity index (χ0) is 18.6. The van der Waals surface area contributed by atoms with Gasteiger partial charge in [0.15, 0.2) is 5.82 Å². The minimum absolute atomic E-state index is 0.0123. The molecule has 0 spiro atoms. The van der Waals surface area contributed by atoms with E-state index in [2.05, 4.69) is 10.1 Å². The van der Waals surface area contributed by atoms with Gasteiger partial charge in [0.1, 0.15) is 5.75 Å². The van der Waals surface area contributed by atoms with E-state index in [-0.39, 0.29) is 5.82 Å². The molecule has 0 saturated carbocycles. The van der Waals surface area contributed by atoms with E-state index in [0.29, 0.717) is 11.6 Å². The van der Waals surface area contributed by atoms with Gasteiger partial charge in [-0.2, -0.15) is 0 Å². The van der Waals surface area contributed by atoms with Crippen LogP contribution in [0.1, 0.15) is 16.2 Å². The molecule has 0 N–H and O–H groups in total. The number of hydrogen-bond donors (Lipinski definition) is 0. The summed E-state index contributed by atoms with van der Waals surface area (Å²) in [6.07, 6.45) is 0. The first-order valence-electron chi connectivity index (χ1n) is 8.57. The van der Waals surface area contributed by atoms with Gasteiger partial charge in [0, 0.05) is 5.56 Å². The van der Waals surface area contributed by atoms with Crippen LogP contribution in [0.15, 0.2) is 84.9 Å². The molecule has 1 heterocycles. The van der Waals surface area contributed by atoms with E-state index in [4.69, 9.17) is 4.74 Å². The molecular weight excluding hydrogens is 338 g/mol. The average Bonchev–Trinajstić information content (AvgIpc) is 3.16. The molecule has 5 heteroatoms. The lowest BCUT2D eigenvalue weighted by atomic mass is 10.2. The number of aromatic nitrogens is 3. The second-order valence-corrected chi connectivity index (χ2v) is 6.07. The predicted octanol–water partition coefficient (Wildman–Crippen LogP) is 4.46. The van der Waals surface area contributed by atoms with E-state index in [0.717, 1.165) is 16.8 Å². The summed E-state index contributed by atoms with van der Waals surface area (Å²) >= 11 is 0. The standard InChI is InChI=1S/C22H17N3O2/c1-16-12-14-18(15-13-16)25-21(17-8-4-2-5-9-17)23-20(24-25)22(26)27-19-10-6-3-7-11-19/h2-15H,1H3. The summed E-state index contributed by atoms with van der Waals surface area (Å²) < 4.78 is 7.05. The van der Waals surface area contributed by atoms with Crippen molar-refractivity contribution in [3.63, 3.8) is 0 Å². The predicted molar refractivity (Wildman–Crippen MR) is 103 cm³/mol. The van der Waals surface area contributed by atoms with Gasteiger partial charge in [-0.1, -0.05) is 66.2 Å². The topological polar surface area (TPSA) is 57.0 Å². The van der Waals surface area contributed by atoms with Gasteiger partial charge >= 0.3 is 5.97 Å². The molecule has 0 fully saturated rings. The molecule has 1 aromatic heterocycles. The van der Waals surface area contributed by atoms with Crippen LogP contribution in [-0.2, 0) is 0 Å². The molecule has 0 amide bonds. The number of aryl methyl sites for hydroxylation is 1. The lowest BCUT2D eigenvalue weighted by Crippen LogP contribution is -2.11. The number of rotatable bonds is 4. The van der Waals surface area contributed by atoms with Gasteiger partial charge in [0.2, 0.25) is 0 Å². The van der Waals surface area contributed by atoms with Gasteiger partial charge < -0.3 is 4.74 Å². The Labute approximate surface area is 156 Å². The smallest absolute Gasteiger partial charge is 0.383 e. The van der Waals surface area contributed by atoms with Gasteiger partial charge in [-0.15, -0.1) is 5.10 Å². The summed E-state index contributed by atoms with van der Waals surface area (Å²) in [5.74, 6) is 0.456. The Kier molecular flexibility index (Phi) is 4.49. The molecule has 4 rings (SSSR count). The molecule has 0 aliphatic heterocycles. The molecule has 3 aromatic carbocycles. The zero-order valence-electron chi connectivity index (χ0n) is 14.7. The van der Waals surface area contributed by atoms with E-state index in [9.17, 15) is 4.79 Å². The highest BCUT2D eigenvalue weighted by Gasteiger charge is 2.20. The van der Waals surface area contributed by atoms with Crippen LogP contribution in [0.4, 0.5) is 0 Å². The molecule has 0 radical (unpaired) electrons. The van der Waals surface area contributed by atoms with E-state index < -0.39 is 5.97 Å². The third kappa shape index (κ3) is 3.62. The molecule has 0 aliphatic carbocycles. The first-order valence-corrected chi connectivity index (χ1v) is 8.57. The Morgan fingerprint density at radius 1 is 0.852 bits per heavy atom. The summed E-state index contributed by atoms with van der Waals surface area (Å²) in [6.45, 7) is 2.02. The Hall–Kier alpha value is -3.73. The summed E-state index contributed by atoms with van der Waals surface area (Å²) in [7, 11) is 0. The minimum Gasteiger partial charge on any atom is -0.421 e. The molecule has 0 atom stereocenters. The second kappa shape index (κ2) is 7.25. The average molecular weight is 355 g/mol. The molecular formula is C22H17N3O2. The fourth-order valence-corrected chi connectivity index (χ4v) is 2.68. The van der Waals surface area contributed by atoms with Crippen LogP contribution >= 0.6 is 0 Å². The first kappa shape index (κ1) is 16.7. The van der Waals surface area contributed by atoms with Gasteiger partial charge in [0.25, 0.3) is 5.82 Å². The molecule has 5 nitrogen and oxygen atoms in total. The molecule has 0 unspecified atom stereocenters. The van der Waals surface area contributed by atoms with Crippen molar-refractivity contribution in [1.29, 1.82) is 0 Å². The van der Waals surface area contributed by atoms with E-state index >= 15 is 0 Å². The largest absolute Gasteiger partial charge is 0.421 e. The van der Waals surface area contributed by atoms with Crippen molar-refractivity contribution in [3.8, 4) is 22.8 Å². The first-order chi connectivity index (χ1) is 13.2. The highest BCUT2D eigenvalue weighted by molar-refractivity contribution is 5.87. The molecule has 0 bridgehead atoms. The maximum Gasteiger partial charge on any atom is 0.383 e. The number of hydrogen-bond acceptors (Lipinski definition) is 4. The normalized spacial score (nSPS) is 10.6. The van der Waals surface area contributed by atoms with Crippen molar-refractivity contribution in [3.05, 3.63) is 96.3 Å². The van der Waals surface area contributed by atoms with Crippen LogP contribution in [0.5, 0.6) is 5.75 Å². The monoisotopic (exact) mass is 355 g/mol. The molecule has 0 aliphatic rings. The van der Waals surface area contributed by atoms with Crippen molar-refractivity contribution in [2.24, 2.45) is 0 Å². The molecule has 27 heavy (non-hydrogen) atoms. The van der Waals surface area contributed by atoms with Crippen molar-refractivity contribution >= 4 is 5.97 Å². The van der Waals surface area contributed by atoms with Crippen LogP contribution in [0.3, 0.4) is 0 Å². The van der Waals surface area contributed by atoms with Crippen LogP contribution in [0.2, 0.25) is 0 Å². The summed E-state index contributed by atoms with van der Waals surface area (Å²) in [5, 5.41) is 4.41. The Morgan fingerprint density at radius 2 is 1.48 bits per heavy atom. The van der Waals surface area contributed by atoms with Crippen LogP contribution in [0, 0.1) is 6.92 Å². The number of carbonyl (C=O) groups excluding carboxylic acids is 1. The summed E-state index contributed by atoms with van der Waals surface area (Å²) in [4.78, 5) is 17.0. The van der Waals surface area contributed by atoms with Gasteiger partial charge in [0.05, 0.1) is 5.69 Å². The lowest BCUT2D eigenvalue weighted by molar-refractivity contribution is 0.0722. The van der Waals surface area contributed by atoms with E-state index in [1.54, 1.807) is 28.9 Å². The number of para-hydroxylation sites is 1. The number of nitrogens with zero attached hydrogens (tertiary/aromatic N) is 3.